The third kappa shape index (κ3) is 9.05. The molecule has 3 atom stereocenters. The van der Waals surface area contributed by atoms with Crippen molar-refractivity contribution in [2.45, 2.75) is 89.8 Å². The van der Waals surface area contributed by atoms with E-state index in [1.54, 1.807) is 7.11 Å². The zero-order valence-electron chi connectivity index (χ0n) is 37.1. The number of benzene rings is 3. The number of fused-ring (bicyclic) bond motifs is 6. The molecule has 14 nitrogen and oxygen atoms in total. The summed E-state index contributed by atoms with van der Waals surface area (Å²) in [5.41, 5.74) is 9.84. The quantitative estimate of drug-likeness (QED) is 0.0787. The van der Waals surface area contributed by atoms with Gasteiger partial charge in [-0.15, -0.1) is 0 Å². The number of hydrogen-bond donors (Lipinski definition) is 4. The summed E-state index contributed by atoms with van der Waals surface area (Å²) in [5.74, 6) is 1.21. The third-order valence-electron chi connectivity index (χ3n) is 13.1. The number of hydrogen-bond acceptors (Lipinski definition) is 10. The van der Waals surface area contributed by atoms with Crippen LogP contribution in [-0.4, -0.2) is 113 Å². The van der Waals surface area contributed by atoms with E-state index in [-0.39, 0.29) is 23.9 Å². The van der Waals surface area contributed by atoms with Crippen molar-refractivity contribution in [3.05, 3.63) is 95.2 Å². The van der Waals surface area contributed by atoms with Gasteiger partial charge in [-0.25, -0.2) is 14.8 Å². The predicted molar refractivity (Wildman–Crippen MR) is 243 cm³/mol. The highest BCUT2D eigenvalue weighted by molar-refractivity contribution is 6.05. The van der Waals surface area contributed by atoms with E-state index in [0.29, 0.717) is 46.1 Å². The van der Waals surface area contributed by atoms with E-state index in [2.05, 4.69) is 100 Å². The minimum Gasteiger partial charge on any atom is -0.453 e. The van der Waals surface area contributed by atoms with Gasteiger partial charge in [-0.2, -0.15) is 0 Å². The molecule has 2 saturated heterocycles. The van der Waals surface area contributed by atoms with Crippen molar-refractivity contribution in [2.24, 2.45) is 5.92 Å². The maximum absolute atomic E-state index is 14.1. The number of imidazole rings is 2. The Kier molecular flexibility index (Phi) is 12.5. The van der Waals surface area contributed by atoms with Crippen LogP contribution in [0, 0.1) is 5.92 Å². The number of aromatic nitrogens is 4. The number of nitrogens with one attached hydrogen (secondary N) is 4. The normalized spacial score (nSPS) is 19.1. The van der Waals surface area contributed by atoms with Crippen molar-refractivity contribution >= 4 is 33.8 Å². The molecule has 2 aliphatic carbocycles. The molecule has 2 aliphatic heterocycles. The fourth-order valence-electron chi connectivity index (χ4n) is 9.82. The predicted octanol–water partition coefficient (Wildman–Crippen LogP) is 7.32. The number of carbonyl (C=O) groups is 2. The second-order valence-corrected chi connectivity index (χ2v) is 17.9. The van der Waals surface area contributed by atoms with E-state index in [9.17, 15) is 9.59 Å². The highest BCUT2D eigenvalue weighted by Gasteiger charge is 2.38. The molecule has 0 bridgehead atoms. The lowest BCUT2D eigenvalue weighted by Crippen LogP contribution is -2.50. The Morgan fingerprint density at radius 1 is 1.02 bits per heavy atom. The van der Waals surface area contributed by atoms with Gasteiger partial charge in [0.25, 0.3) is 0 Å². The van der Waals surface area contributed by atoms with Crippen LogP contribution < -0.4 is 10.6 Å². The lowest BCUT2D eigenvalue weighted by atomic mass is 9.89. The number of amides is 2. The first-order valence-electron chi connectivity index (χ1n) is 22.5. The van der Waals surface area contributed by atoms with Crippen LogP contribution in [0.15, 0.2) is 72.3 Å². The average Bonchev–Trinajstić information content (AvgIpc) is 4.12. The summed E-state index contributed by atoms with van der Waals surface area (Å²) in [7, 11) is 3.03. The Labute approximate surface area is 368 Å². The average molecular weight is 857 g/mol. The zero-order valence-corrected chi connectivity index (χ0v) is 37.1. The van der Waals surface area contributed by atoms with Gasteiger partial charge in [0, 0.05) is 42.9 Å². The first-order chi connectivity index (χ1) is 30.6. The van der Waals surface area contributed by atoms with Crippen LogP contribution in [0.5, 0.6) is 0 Å². The van der Waals surface area contributed by atoms with Crippen LogP contribution in [0.2, 0.25) is 0 Å². The summed E-state index contributed by atoms with van der Waals surface area (Å²) in [6.45, 7) is 9.89. The number of rotatable bonds is 15. The van der Waals surface area contributed by atoms with Crippen molar-refractivity contribution in [3.8, 4) is 22.4 Å². The fraction of sp³-hybridized carbons (Fsp3) is 0.469. The molecular weight excluding hydrogens is 797 g/mol. The molecule has 332 valence electrons. The van der Waals surface area contributed by atoms with Crippen molar-refractivity contribution in [2.75, 3.05) is 53.8 Å². The molecule has 5 aromatic rings. The second kappa shape index (κ2) is 18.4. The highest BCUT2D eigenvalue weighted by atomic mass is 16.7. The number of H-pyrrole nitrogens is 2. The number of aryl methyl sites for hydroxylation is 2. The SMILES string of the molecule is COCNC(C(=O)N1CCCC1c1nc2c(ccc3cc(-c4ccc5c(c4)CCc4[nH]c(CN(CC(NC(=O)OC)C(C)C)CC6(C)OCCO6)nc4-5)ccc32)[nH]1)C1=CC=CCC1. The molecule has 4 aliphatic rings. The van der Waals surface area contributed by atoms with Gasteiger partial charge in [0.2, 0.25) is 5.91 Å². The van der Waals surface area contributed by atoms with Gasteiger partial charge in [-0.3, -0.25) is 15.0 Å². The van der Waals surface area contributed by atoms with E-state index in [1.165, 1.54) is 12.7 Å². The largest absolute Gasteiger partial charge is 0.453 e. The molecule has 9 rings (SSSR count). The second-order valence-electron chi connectivity index (χ2n) is 17.9. The summed E-state index contributed by atoms with van der Waals surface area (Å²) in [5, 5.41) is 8.54. The van der Waals surface area contributed by atoms with Crippen LogP contribution in [0.25, 0.3) is 44.2 Å². The van der Waals surface area contributed by atoms with E-state index in [0.717, 1.165) is 106 Å². The van der Waals surface area contributed by atoms with Gasteiger partial charge in [0.1, 0.15) is 17.7 Å². The van der Waals surface area contributed by atoms with Crippen molar-refractivity contribution in [1.82, 2.24) is 40.4 Å². The lowest BCUT2D eigenvalue weighted by Gasteiger charge is -2.34. The Morgan fingerprint density at radius 2 is 1.84 bits per heavy atom. The molecule has 2 amide bonds. The van der Waals surface area contributed by atoms with Gasteiger partial charge in [0.05, 0.1) is 62.9 Å². The maximum atomic E-state index is 14.1. The van der Waals surface area contributed by atoms with E-state index < -0.39 is 17.9 Å². The number of alkyl carbamates (subject to hydrolysis) is 1. The Balaban J connectivity index is 0.935. The summed E-state index contributed by atoms with van der Waals surface area (Å²) >= 11 is 0. The van der Waals surface area contributed by atoms with Gasteiger partial charge in [-0.1, -0.05) is 68.5 Å². The molecule has 63 heavy (non-hydrogen) atoms. The standard InChI is InChI=1S/C49H60N8O6/c1-30(2)40(53-48(59)61-5)26-56(28-49(3)62-22-23-63-49)27-42-51-38-19-15-34-24-32(13-17-36(34)44(38)54-42)33-14-18-37-35(25-33)16-20-39-45(37)55-46(52-39)41-12-9-21-57(41)47(58)43(50-29-60-4)31-10-7-6-8-11-31/h6-7,10,13-14,16-18,20,24-25,30,40-41,43,50H,8-9,11-12,15,19,21-23,26-29H2,1-5H3,(H,51,54)(H,52,55)(H,53,59). The number of ether oxygens (including phenoxy) is 4. The summed E-state index contributed by atoms with van der Waals surface area (Å²) in [6, 6.07) is 16.9. The molecule has 14 heteroatoms. The summed E-state index contributed by atoms with van der Waals surface area (Å²) < 4.78 is 22.3. The highest BCUT2D eigenvalue weighted by Crippen LogP contribution is 2.38. The van der Waals surface area contributed by atoms with Gasteiger partial charge >= 0.3 is 6.09 Å². The number of aromatic amines is 2. The molecule has 0 radical (unpaired) electrons. The Bertz CT molecular complexity index is 2540. The monoisotopic (exact) mass is 856 g/mol. The first-order valence-corrected chi connectivity index (χ1v) is 22.5. The van der Waals surface area contributed by atoms with Gasteiger partial charge in [0.15, 0.2) is 5.79 Å². The van der Waals surface area contributed by atoms with Crippen LogP contribution >= 0.6 is 0 Å². The number of methoxy groups -OCH3 is 2. The summed E-state index contributed by atoms with van der Waals surface area (Å²) in [4.78, 5) is 48.2. The van der Waals surface area contributed by atoms with Crippen LogP contribution in [-0.2, 0) is 43.1 Å². The van der Waals surface area contributed by atoms with Gasteiger partial charge in [-0.05, 0) is 91.1 Å². The van der Waals surface area contributed by atoms with E-state index in [4.69, 9.17) is 28.9 Å². The van der Waals surface area contributed by atoms with Crippen molar-refractivity contribution in [1.29, 1.82) is 0 Å². The topological polar surface area (TPSA) is 159 Å². The van der Waals surface area contributed by atoms with Gasteiger partial charge < -0.3 is 39.1 Å². The number of nitrogens with zero attached hydrogens (tertiary/aromatic N) is 4. The van der Waals surface area contributed by atoms with Crippen LogP contribution in [0.4, 0.5) is 4.79 Å². The molecule has 3 aromatic carbocycles. The van der Waals surface area contributed by atoms with Crippen molar-refractivity contribution in [3.63, 3.8) is 0 Å². The molecule has 0 saturated carbocycles. The Hall–Kier alpha value is -5.38. The molecule has 2 aromatic heterocycles. The van der Waals surface area contributed by atoms with Crippen LogP contribution in [0.3, 0.4) is 0 Å². The van der Waals surface area contributed by atoms with Crippen LogP contribution in [0.1, 0.15) is 75.4 Å². The lowest BCUT2D eigenvalue weighted by molar-refractivity contribution is -0.158. The number of carbonyl (C=O) groups excluding carboxylic acids is 2. The molecule has 4 N–H and O–H groups in total. The van der Waals surface area contributed by atoms with E-state index >= 15 is 0 Å². The fourth-order valence-corrected chi connectivity index (χ4v) is 9.82. The first kappa shape index (κ1) is 42.9. The smallest absolute Gasteiger partial charge is 0.407 e. The molecule has 4 heterocycles. The molecular formula is C49H60N8O6. The summed E-state index contributed by atoms with van der Waals surface area (Å²) in [6.07, 6.45) is 11.1. The number of allylic oxidation sites excluding steroid dienone is 3. The van der Waals surface area contributed by atoms with E-state index in [1.807, 2.05) is 17.9 Å². The minimum atomic E-state index is -0.742. The molecule has 3 unspecified atom stereocenters. The number of likely N-dealkylation sites (tertiary alicyclic amines) is 1. The Morgan fingerprint density at radius 3 is 2.62 bits per heavy atom. The maximum Gasteiger partial charge on any atom is 0.407 e. The molecule has 2 fully saturated rings. The third-order valence-corrected chi connectivity index (χ3v) is 13.1. The zero-order chi connectivity index (χ0) is 43.7. The van der Waals surface area contributed by atoms with Crippen molar-refractivity contribution < 1.29 is 28.5 Å². The minimum absolute atomic E-state index is 0.0726. The molecule has 0 spiro atoms.